The van der Waals surface area contributed by atoms with Crippen LogP contribution in [0.15, 0.2) is 0 Å². The van der Waals surface area contributed by atoms with Gasteiger partial charge in [-0.25, -0.2) is 0 Å². The van der Waals surface area contributed by atoms with E-state index in [0.29, 0.717) is 19.8 Å². The summed E-state index contributed by atoms with van der Waals surface area (Å²) in [6.07, 6.45) is 12.7. The van der Waals surface area contributed by atoms with Gasteiger partial charge in [0.2, 0.25) is 0 Å². The Morgan fingerprint density at radius 3 is 1.59 bits per heavy atom. The molecule has 0 aliphatic carbocycles. The van der Waals surface area contributed by atoms with Crippen LogP contribution in [0.2, 0.25) is 0 Å². The van der Waals surface area contributed by atoms with Crippen molar-refractivity contribution in [2.45, 2.75) is 64.2 Å². The van der Waals surface area contributed by atoms with E-state index in [0.717, 1.165) is 13.0 Å². The lowest BCUT2D eigenvalue weighted by atomic mass is 10.1. The quantitative estimate of drug-likeness (QED) is 0.463. The maximum Gasteiger partial charge on any atom is 0.0588 e. The van der Waals surface area contributed by atoms with Gasteiger partial charge >= 0.3 is 0 Å². The van der Waals surface area contributed by atoms with E-state index in [4.69, 9.17) is 15.6 Å². The molecule has 0 heterocycles. The number of nitrogens with two attached hydrogens (primary N) is 1. The molecule has 0 spiro atoms. The summed E-state index contributed by atoms with van der Waals surface area (Å²) in [6, 6.07) is 0. The van der Waals surface area contributed by atoms with Crippen molar-refractivity contribution in [2.24, 2.45) is 5.73 Å². The molecular weight excluding hydrogens is 214 g/mol. The molecule has 0 aliphatic rings. The van der Waals surface area contributed by atoms with Gasteiger partial charge in [0.1, 0.15) is 0 Å². The third-order valence-electron chi connectivity index (χ3n) is 2.96. The molecule has 0 aromatic heterocycles. The fraction of sp³-hybridized carbons (Fsp3) is 1.00. The number of rotatable bonds is 14. The molecule has 0 aromatic rings. The molecule has 0 atom stereocenters. The zero-order valence-corrected chi connectivity index (χ0v) is 11.3. The number of aliphatic hydroxyl groups excluding tert-OH is 1. The summed E-state index contributed by atoms with van der Waals surface area (Å²) in [5, 5.41) is 8.63. The van der Waals surface area contributed by atoms with E-state index < -0.39 is 0 Å². The second kappa shape index (κ2) is 15.9. The highest BCUT2D eigenvalue weighted by Crippen LogP contribution is 2.10. The predicted octanol–water partition coefficient (Wildman–Crippen LogP) is 2.86. The van der Waals surface area contributed by atoms with Gasteiger partial charge in [-0.05, 0) is 12.8 Å². The first-order valence-corrected chi connectivity index (χ1v) is 7.30. The predicted molar refractivity (Wildman–Crippen MR) is 73.1 cm³/mol. The van der Waals surface area contributed by atoms with Crippen LogP contribution in [0.3, 0.4) is 0 Å². The van der Waals surface area contributed by atoms with Crippen LogP contribution in [0.25, 0.3) is 0 Å². The normalized spacial score (nSPS) is 10.9. The number of unbranched alkanes of at least 4 members (excludes halogenated alkanes) is 9. The smallest absolute Gasteiger partial charge is 0.0588 e. The summed E-state index contributed by atoms with van der Waals surface area (Å²) < 4.78 is 5.32. The average Bonchev–Trinajstić information content (AvgIpc) is 2.35. The second-order valence-corrected chi connectivity index (χ2v) is 4.66. The highest BCUT2D eigenvalue weighted by molar-refractivity contribution is 4.48. The molecule has 0 rings (SSSR count). The zero-order chi connectivity index (χ0) is 12.6. The Labute approximate surface area is 107 Å². The average molecular weight is 245 g/mol. The van der Waals surface area contributed by atoms with E-state index in [2.05, 4.69) is 0 Å². The highest BCUT2D eigenvalue weighted by atomic mass is 16.5. The van der Waals surface area contributed by atoms with Gasteiger partial charge in [-0.1, -0.05) is 51.4 Å². The maximum absolute atomic E-state index is 8.63. The molecule has 0 aliphatic heterocycles. The summed E-state index contributed by atoms with van der Waals surface area (Å²) in [6.45, 7) is 2.56. The number of hydrogen-bond donors (Lipinski definition) is 2. The van der Waals surface area contributed by atoms with Crippen LogP contribution in [0.1, 0.15) is 64.2 Å². The molecule has 3 N–H and O–H groups in total. The fourth-order valence-electron chi connectivity index (χ4n) is 1.92. The van der Waals surface area contributed by atoms with Crippen molar-refractivity contribution in [3.8, 4) is 0 Å². The molecule has 104 valence electrons. The Bertz CT molecular complexity index is 117. The Morgan fingerprint density at radius 2 is 1.12 bits per heavy atom. The Hall–Kier alpha value is -0.120. The molecule has 0 aromatic carbocycles. The van der Waals surface area contributed by atoms with E-state index >= 15 is 0 Å². The van der Waals surface area contributed by atoms with Gasteiger partial charge in [0.25, 0.3) is 0 Å². The first kappa shape index (κ1) is 16.9. The minimum Gasteiger partial charge on any atom is -0.396 e. The molecule has 0 fully saturated rings. The molecule has 0 unspecified atom stereocenters. The minimum atomic E-state index is 0.353. The van der Waals surface area contributed by atoms with Crippen molar-refractivity contribution in [3.63, 3.8) is 0 Å². The first-order valence-electron chi connectivity index (χ1n) is 7.30. The Kier molecular flexibility index (Phi) is 15.8. The van der Waals surface area contributed by atoms with Gasteiger partial charge in [-0.2, -0.15) is 0 Å². The van der Waals surface area contributed by atoms with E-state index in [-0.39, 0.29) is 0 Å². The summed E-state index contributed by atoms with van der Waals surface area (Å²) in [4.78, 5) is 0. The lowest BCUT2D eigenvalue weighted by molar-refractivity contribution is 0.137. The summed E-state index contributed by atoms with van der Waals surface area (Å²) >= 11 is 0. The van der Waals surface area contributed by atoms with Crippen LogP contribution in [-0.4, -0.2) is 31.5 Å². The van der Waals surface area contributed by atoms with Crippen LogP contribution >= 0.6 is 0 Å². The Balaban J connectivity index is 2.85. The molecule has 0 saturated carbocycles. The standard InChI is InChI=1S/C14H31NO2/c15-11-14-17-13-10-8-6-4-2-1-3-5-7-9-12-16/h16H,1-15H2. The van der Waals surface area contributed by atoms with Crippen LogP contribution in [0, 0.1) is 0 Å². The van der Waals surface area contributed by atoms with Crippen molar-refractivity contribution in [2.75, 3.05) is 26.4 Å². The summed E-state index contributed by atoms with van der Waals surface area (Å²) in [5.74, 6) is 0. The van der Waals surface area contributed by atoms with Crippen LogP contribution in [0.4, 0.5) is 0 Å². The molecule has 0 bridgehead atoms. The zero-order valence-electron chi connectivity index (χ0n) is 11.3. The van der Waals surface area contributed by atoms with E-state index in [9.17, 15) is 0 Å². The van der Waals surface area contributed by atoms with Crippen molar-refractivity contribution in [1.29, 1.82) is 0 Å². The first-order chi connectivity index (χ1) is 8.41. The number of aliphatic hydroxyl groups is 1. The van der Waals surface area contributed by atoms with Gasteiger partial charge in [0.15, 0.2) is 0 Å². The monoisotopic (exact) mass is 245 g/mol. The number of hydrogen-bond acceptors (Lipinski definition) is 3. The minimum absolute atomic E-state index is 0.353. The summed E-state index contributed by atoms with van der Waals surface area (Å²) in [5.41, 5.74) is 5.33. The van der Waals surface area contributed by atoms with Crippen molar-refractivity contribution < 1.29 is 9.84 Å². The van der Waals surface area contributed by atoms with Crippen molar-refractivity contribution in [3.05, 3.63) is 0 Å². The van der Waals surface area contributed by atoms with Gasteiger partial charge in [-0.15, -0.1) is 0 Å². The largest absolute Gasteiger partial charge is 0.396 e. The van der Waals surface area contributed by atoms with Gasteiger partial charge in [0.05, 0.1) is 6.61 Å². The molecule has 0 radical (unpaired) electrons. The SMILES string of the molecule is NCCOCCCCCCCCCCCCO. The van der Waals surface area contributed by atoms with E-state index in [1.165, 1.54) is 57.8 Å². The second-order valence-electron chi connectivity index (χ2n) is 4.66. The molecule has 3 nitrogen and oxygen atoms in total. The topological polar surface area (TPSA) is 55.5 Å². The van der Waals surface area contributed by atoms with Gasteiger partial charge < -0.3 is 15.6 Å². The third-order valence-corrected chi connectivity index (χ3v) is 2.96. The molecule has 3 heteroatoms. The lowest BCUT2D eigenvalue weighted by Gasteiger charge is -2.03. The lowest BCUT2D eigenvalue weighted by Crippen LogP contribution is -2.08. The molecule has 0 amide bonds. The van der Waals surface area contributed by atoms with Crippen LogP contribution in [0.5, 0.6) is 0 Å². The van der Waals surface area contributed by atoms with E-state index in [1.54, 1.807) is 0 Å². The Morgan fingerprint density at radius 1 is 0.647 bits per heavy atom. The molecular formula is C14H31NO2. The highest BCUT2D eigenvalue weighted by Gasteiger charge is 1.93. The third kappa shape index (κ3) is 15.9. The van der Waals surface area contributed by atoms with Gasteiger partial charge in [0, 0.05) is 19.8 Å². The van der Waals surface area contributed by atoms with Gasteiger partial charge in [-0.3, -0.25) is 0 Å². The molecule has 0 saturated heterocycles. The van der Waals surface area contributed by atoms with Crippen molar-refractivity contribution >= 4 is 0 Å². The maximum atomic E-state index is 8.63. The summed E-state index contributed by atoms with van der Waals surface area (Å²) in [7, 11) is 0. The van der Waals surface area contributed by atoms with E-state index in [1.807, 2.05) is 0 Å². The van der Waals surface area contributed by atoms with Crippen LogP contribution < -0.4 is 5.73 Å². The molecule has 17 heavy (non-hydrogen) atoms. The van der Waals surface area contributed by atoms with Crippen molar-refractivity contribution in [1.82, 2.24) is 0 Å². The van der Waals surface area contributed by atoms with Crippen LogP contribution in [-0.2, 0) is 4.74 Å². The number of ether oxygens (including phenoxy) is 1. The fourth-order valence-corrected chi connectivity index (χ4v) is 1.92.